The van der Waals surface area contributed by atoms with Crippen molar-refractivity contribution >= 4 is 11.8 Å². The fourth-order valence-electron chi connectivity index (χ4n) is 3.32. The van der Waals surface area contributed by atoms with E-state index in [1.807, 2.05) is 4.90 Å². The number of nitrogens with zero attached hydrogens (tertiary/aromatic N) is 1. The molecule has 0 aromatic carbocycles. The van der Waals surface area contributed by atoms with Gasteiger partial charge in [-0.2, -0.15) is 0 Å². The number of hydrogen-bond acceptors (Lipinski definition) is 3. The number of likely N-dealkylation sites (tertiary alicyclic amines) is 1. The van der Waals surface area contributed by atoms with Gasteiger partial charge in [-0.05, 0) is 32.2 Å². The molecule has 3 aliphatic heterocycles. The Morgan fingerprint density at radius 3 is 2.94 bits per heavy atom. The number of nitrogens with one attached hydrogen (secondary N) is 2. The molecule has 3 aliphatic rings. The maximum atomic E-state index is 12.4. The molecule has 2 amide bonds. The molecule has 3 saturated heterocycles. The zero-order chi connectivity index (χ0) is 11.8. The van der Waals surface area contributed by atoms with E-state index in [2.05, 4.69) is 10.6 Å². The van der Waals surface area contributed by atoms with Gasteiger partial charge >= 0.3 is 0 Å². The van der Waals surface area contributed by atoms with Gasteiger partial charge in [-0.3, -0.25) is 9.59 Å². The van der Waals surface area contributed by atoms with Gasteiger partial charge < -0.3 is 15.5 Å². The highest BCUT2D eigenvalue weighted by atomic mass is 16.2. The lowest BCUT2D eigenvalue weighted by atomic mass is 9.91. The van der Waals surface area contributed by atoms with Crippen molar-refractivity contribution < 1.29 is 9.59 Å². The van der Waals surface area contributed by atoms with E-state index in [9.17, 15) is 9.59 Å². The Morgan fingerprint density at radius 1 is 1.29 bits per heavy atom. The monoisotopic (exact) mass is 237 g/mol. The van der Waals surface area contributed by atoms with Crippen LogP contribution in [0.25, 0.3) is 0 Å². The highest BCUT2D eigenvalue weighted by Crippen LogP contribution is 2.28. The van der Waals surface area contributed by atoms with Crippen LogP contribution in [0.4, 0.5) is 0 Å². The molecular formula is C12H19N3O2. The molecule has 94 valence electrons. The van der Waals surface area contributed by atoms with E-state index in [1.165, 1.54) is 0 Å². The number of piperidine rings is 1. The molecule has 2 N–H and O–H groups in total. The minimum atomic E-state index is -0.00977. The van der Waals surface area contributed by atoms with Crippen LogP contribution >= 0.6 is 0 Å². The fourth-order valence-corrected chi connectivity index (χ4v) is 3.32. The zero-order valence-corrected chi connectivity index (χ0v) is 9.95. The van der Waals surface area contributed by atoms with Crippen molar-refractivity contribution in [2.24, 2.45) is 5.92 Å². The van der Waals surface area contributed by atoms with Crippen molar-refractivity contribution in [1.82, 2.24) is 15.5 Å². The van der Waals surface area contributed by atoms with Crippen molar-refractivity contribution in [3.8, 4) is 0 Å². The number of amides is 2. The predicted molar refractivity (Wildman–Crippen MR) is 62.3 cm³/mol. The van der Waals surface area contributed by atoms with Crippen molar-refractivity contribution in [2.75, 3.05) is 19.6 Å². The first-order valence-corrected chi connectivity index (χ1v) is 6.59. The lowest BCUT2D eigenvalue weighted by Gasteiger charge is -2.37. The maximum absolute atomic E-state index is 12.4. The Balaban J connectivity index is 1.73. The molecule has 3 unspecified atom stereocenters. The van der Waals surface area contributed by atoms with E-state index in [-0.39, 0.29) is 29.8 Å². The first-order valence-electron chi connectivity index (χ1n) is 6.59. The first kappa shape index (κ1) is 11.0. The smallest absolute Gasteiger partial charge is 0.240 e. The van der Waals surface area contributed by atoms with Crippen LogP contribution in [-0.2, 0) is 9.59 Å². The molecule has 0 saturated carbocycles. The molecular weight excluding hydrogens is 218 g/mol. The van der Waals surface area contributed by atoms with Gasteiger partial charge in [-0.25, -0.2) is 0 Å². The molecule has 3 fully saturated rings. The van der Waals surface area contributed by atoms with Crippen LogP contribution in [0.3, 0.4) is 0 Å². The highest BCUT2D eigenvalue weighted by molar-refractivity contribution is 5.86. The zero-order valence-electron chi connectivity index (χ0n) is 9.95. The summed E-state index contributed by atoms with van der Waals surface area (Å²) in [5.41, 5.74) is 0. The molecule has 5 heteroatoms. The van der Waals surface area contributed by atoms with E-state index in [4.69, 9.17) is 0 Å². The van der Waals surface area contributed by atoms with Gasteiger partial charge in [-0.15, -0.1) is 0 Å². The van der Waals surface area contributed by atoms with Crippen LogP contribution in [0.15, 0.2) is 0 Å². The Hall–Kier alpha value is -1.10. The molecule has 5 nitrogen and oxygen atoms in total. The molecule has 17 heavy (non-hydrogen) atoms. The van der Waals surface area contributed by atoms with Crippen LogP contribution in [0, 0.1) is 5.92 Å². The third kappa shape index (κ3) is 1.82. The molecule has 3 rings (SSSR count). The molecule has 0 aliphatic carbocycles. The number of rotatable bonds is 1. The highest BCUT2D eigenvalue weighted by Gasteiger charge is 2.44. The Kier molecular flexibility index (Phi) is 2.78. The average molecular weight is 237 g/mol. The second-order valence-electron chi connectivity index (χ2n) is 5.24. The summed E-state index contributed by atoms with van der Waals surface area (Å²) in [6, 6.07) is 0.0932. The number of carbonyl (C=O) groups excluding carboxylic acids is 2. The first-order chi connectivity index (χ1) is 8.27. The standard InChI is InChI=1S/C12H19N3O2/c16-11-8-3-2-6-15(10(8)7-14-11)12(17)9-4-1-5-13-9/h8-10,13H,1-7H2,(H,14,16). The van der Waals surface area contributed by atoms with E-state index < -0.39 is 0 Å². The summed E-state index contributed by atoms with van der Waals surface area (Å²) >= 11 is 0. The summed E-state index contributed by atoms with van der Waals surface area (Å²) in [7, 11) is 0. The topological polar surface area (TPSA) is 61.4 Å². The molecule has 0 radical (unpaired) electrons. The largest absolute Gasteiger partial charge is 0.354 e. The Labute approximate surface area is 101 Å². The maximum Gasteiger partial charge on any atom is 0.240 e. The molecule has 0 aromatic rings. The molecule has 0 bridgehead atoms. The van der Waals surface area contributed by atoms with E-state index >= 15 is 0 Å². The van der Waals surface area contributed by atoms with Gasteiger partial charge in [0, 0.05) is 13.1 Å². The Morgan fingerprint density at radius 2 is 2.18 bits per heavy atom. The second kappa shape index (κ2) is 4.29. The SMILES string of the molecule is O=C1NCC2C1CCCN2C(=O)C1CCCN1. The van der Waals surface area contributed by atoms with Crippen molar-refractivity contribution in [1.29, 1.82) is 0 Å². The van der Waals surface area contributed by atoms with Gasteiger partial charge in [0.15, 0.2) is 0 Å². The predicted octanol–water partition coefficient (Wildman–Crippen LogP) is -0.525. The quantitative estimate of drug-likeness (QED) is 0.645. The lowest BCUT2D eigenvalue weighted by molar-refractivity contribution is -0.138. The van der Waals surface area contributed by atoms with Crippen molar-refractivity contribution in [3.05, 3.63) is 0 Å². The van der Waals surface area contributed by atoms with Gasteiger partial charge in [0.2, 0.25) is 11.8 Å². The fraction of sp³-hybridized carbons (Fsp3) is 0.833. The number of fused-ring (bicyclic) bond motifs is 1. The van der Waals surface area contributed by atoms with Crippen molar-refractivity contribution in [3.63, 3.8) is 0 Å². The second-order valence-corrected chi connectivity index (χ2v) is 5.24. The molecule has 3 atom stereocenters. The van der Waals surface area contributed by atoms with Gasteiger partial charge in [0.05, 0.1) is 18.0 Å². The van der Waals surface area contributed by atoms with Gasteiger partial charge in [-0.1, -0.05) is 0 Å². The summed E-state index contributed by atoms with van der Waals surface area (Å²) in [6.45, 7) is 2.39. The minimum absolute atomic E-state index is 0.00977. The summed E-state index contributed by atoms with van der Waals surface area (Å²) in [6.07, 6.45) is 3.90. The third-order valence-electron chi connectivity index (χ3n) is 4.24. The number of hydrogen-bond donors (Lipinski definition) is 2. The molecule has 0 spiro atoms. The summed E-state index contributed by atoms with van der Waals surface area (Å²) in [5, 5.41) is 6.13. The van der Waals surface area contributed by atoms with E-state index in [0.717, 1.165) is 38.8 Å². The van der Waals surface area contributed by atoms with Gasteiger partial charge in [0.1, 0.15) is 0 Å². The van der Waals surface area contributed by atoms with E-state index in [0.29, 0.717) is 6.54 Å². The average Bonchev–Trinajstić information content (AvgIpc) is 2.98. The van der Waals surface area contributed by atoms with Crippen LogP contribution < -0.4 is 10.6 Å². The summed E-state index contributed by atoms with van der Waals surface area (Å²) in [4.78, 5) is 25.9. The van der Waals surface area contributed by atoms with Crippen LogP contribution in [0.2, 0.25) is 0 Å². The van der Waals surface area contributed by atoms with Crippen LogP contribution in [0.5, 0.6) is 0 Å². The number of carbonyl (C=O) groups is 2. The summed E-state index contributed by atoms with van der Waals surface area (Å²) in [5.74, 6) is 0.370. The van der Waals surface area contributed by atoms with E-state index in [1.54, 1.807) is 0 Å². The van der Waals surface area contributed by atoms with Crippen LogP contribution in [-0.4, -0.2) is 48.4 Å². The van der Waals surface area contributed by atoms with Crippen molar-refractivity contribution in [2.45, 2.75) is 37.8 Å². The van der Waals surface area contributed by atoms with Gasteiger partial charge in [0.25, 0.3) is 0 Å². The minimum Gasteiger partial charge on any atom is -0.354 e. The summed E-state index contributed by atoms with van der Waals surface area (Å²) < 4.78 is 0. The normalized spacial score (nSPS) is 36.8. The van der Waals surface area contributed by atoms with Crippen LogP contribution in [0.1, 0.15) is 25.7 Å². The molecule has 0 aromatic heterocycles. The molecule has 3 heterocycles. The Bertz CT molecular complexity index is 339. The third-order valence-corrected chi connectivity index (χ3v) is 4.24. The lowest BCUT2D eigenvalue weighted by Crippen LogP contribution is -2.53.